The van der Waals surface area contributed by atoms with Crippen LogP contribution in [0.2, 0.25) is 0 Å². The van der Waals surface area contributed by atoms with Gasteiger partial charge in [0.05, 0.1) is 19.3 Å². The van der Waals surface area contributed by atoms with E-state index in [4.69, 9.17) is 9.47 Å². The Bertz CT molecular complexity index is 347. The average Bonchev–Trinajstić information content (AvgIpc) is 2.35. The molecule has 0 aliphatic rings. The summed E-state index contributed by atoms with van der Waals surface area (Å²) < 4.78 is 10.2. The summed E-state index contributed by atoms with van der Waals surface area (Å²) in [6, 6.07) is 6.98. The minimum absolute atomic E-state index is 0.292. The molecule has 0 N–H and O–H groups in total. The number of hydrogen-bond acceptors (Lipinski definition) is 3. The Balaban J connectivity index is 2.58. The number of hydrogen-bond donors (Lipinski definition) is 0. The van der Waals surface area contributed by atoms with Crippen LogP contribution in [0.25, 0.3) is 0 Å². The molecule has 0 saturated heterocycles. The van der Waals surface area contributed by atoms with Crippen molar-refractivity contribution in [2.45, 2.75) is 20.3 Å². The van der Waals surface area contributed by atoms with Gasteiger partial charge in [-0.3, -0.25) is 0 Å². The van der Waals surface area contributed by atoms with Crippen molar-refractivity contribution in [2.75, 3.05) is 13.7 Å². The molecule has 1 atom stereocenters. The second-order valence-corrected chi connectivity index (χ2v) is 3.84. The highest BCUT2D eigenvalue weighted by Gasteiger charge is 2.09. The summed E-state index contributed by atoms with van der Waals surface area (Å²) in [4.78, 5) is 11.7. The Morgan fingerprint density at radius 2 is 2.19 bits per heavy atom. The maximum absolute atomic E-state index is 11.7. The van der Waals surface area contributed by atoms with Crippen molar-refractivity contribution in [3.8, 4) is 5.75 Å². The molecule has 0 heterocycles. The first kappa shape index (κ1) is 12.6. The maximum Gasteiger partial charge on any atom is 0.338 e. The first-order valence-electron chi connectivity index (χ1n) is 5.48. The van der Waals surface area contributed by atoms with Gasteiger partial charge in [0.15, 0.2) is 0 Å². The third-order valence-corrected chi connectivity index (χ3v) is 2.50. The molecule has 3 heteroatoms. The van der Waals surface area contributed by atoms with Crippen LogP contribution < -0.4 is 4.74 Å². The first-order chi connectivity index (χ1) is 7.67. The molecule has 88 valence electrons. The molecular formula is C13H18O3. The van der Waals surface area contributed by atoms with Crippen LogP contribution in [-0.2, 0) is 4.74 Å². The molecule has 0 saturated carbocycles. The molecule has 0 amide bonds. The van der Waals surface area contributed by atoms with Gasteiger partial charge < -0.3 is 9.47 Å². The summed E-state index contributed by atoms with van der Waals surface area (Å²) in [7, 11) is 1.57. The molecule has 0 spiro atoms. The fourth-order valence-corrected chi connectivity index (χ4v) is 1.17. The van der Waals surface area contributed by atoms with E-state index in [2.05, 4.69) is 13.8 Å². The summed E-state index contributed by atoms with van der Waals surface area (Å²) in [5, 5.41) is 0. The Morgan fingerprint density at radius 3 is 2.81 bits per heavy atom. The second-order valence-electron chi connectivity index (χ2n) is 3.84. The first-order valence-corrected chi connectivity index (χ1v) is 5.48. The predicted molar refractivity (Wildman–Crippen MR) is 62.7 cm³/mol. The largest absolute Gasteiger partial charge is 0.497 e. The molecule has 0 aliphatic heterocycles. The number of rotatable bonds is 5. The Labute approximate surface area is 96.4 Å². The van der Waals surface area contributed by atoms with E-state index in [0.717, 1.165) is 6.42 Å². The fourth-order valence-electron chi connectivity index (χ4n) is 1.17. The van der Waals surface area contributed by atoms with Crippen LogP contribution in [-0.4, -0.2) is 19.7 Å². The highest BCUT2D eigenvalue weighted by Crippen LogP contribution is 2.14. The van der Waals surface area contributed by atoms with E-state index < -0.39 is 0 Å². The molecule has 0 fully saturated rings. The van der Waals surface area contributed by atoms with Crippen molar-refractivity contribution in [3.05, 3.63) is 29.8 Å². The highest BCUT2D eigenvalue weighted by atomic mass is 16.5. The molecule has 0 aromatic heterocycles. The third kappa shape index (κ3) is 3.57. The van der Waals surface area contributed by atoms with Crippen LogP contribution >= 0.6 is 0 Å². The van der Waals surface area contributed by atoms with Crippen LogP contribution in [0.15, 0.2) is 24.3 Å². The summed E-state index contributed by atoms with van der Waals surface area (Å²) >= 11 is 0. The molecule has 16 heavy (non-hydrogen) atoms. The summed E-state index contributed by atoms with van der Waals surface area (Å²) in [5.74, 6) is 0.770. The minimum Gasteiger partial charge on any atom is -0.497 e. The Hall–Kier alpha value is -1.51. The number of ether oxygens (including phenoxy) is 2. The van der Waals surface area contributed by atoms with Crippen LogP contribution in [0, 0.1) is 5.92 Å². The average molecular weight is 222 g/mol. The lowest BCUT2D eigenvalue weighted by atomic mass is 10.1. The van der Waals surface area contributed by atoms with E-state index >= 15 is 0 Å². The highest BCUT2D eigenvalue weighted by molar-refractivity contribution is 5.89. The molecular weight excluding hydrogens is 204 g/mol. The van der Waals surface area contributed by atoms with E-state index in [9.17, 15) is 4.79 Å². The lowest BCUT2D eigenvalue weighted by molar-refractivity contribution is 0.0446. The van der Waals surface area contributed by atoms with Gasteiger partial charge in [0, 0.05) is 0 Å². The topological polar surface area (TPSA) is 35.5 Å². The molecule has 0 bridgehead atoms. The van der Waals surface area contributed by atoms with Crippen molar-refractivity contribution in [1.82, 2.24) is 0 Å². The van der Waals surface area contributed by atoms with Crippen molar-refractivity contribution < 1.29 is 14.3 Å². The zero-order valence-corrected chi connectivity index (χ0v) is 10.0. The summed E-state index contributed by atoms with van der Waals surface area (Å²) in [5.41, 5.74) is 0.530. The van der Waals surface area contributed by atoms with Gasteiger partial charge in [-0.05, 0) is 24.1 Å². The van der Waals surface area contributed by atoms with Crippen LogP contribution in [0.4, 0.5) is 0 Å². The van der Waals surface area contributed by atoms with Crippen LogP contribution in [0.3, 0.4) is 0 Å². The quantitative estimate of drug-likeness (QED) is 0.718. The monoisotopic (exact) mass is 222 g/mol. The van der Waals surface area contributed by atoms with Gasteiger partial charge >= 0.3 is 5.97 Å². The zero-order chi connectivity index (χ0) is 12.0. The van der Waals surface area contributed by atoms with Crippen molar-refractivity contribution in [3.63, 3.8) is 0 Å². The van der Waals surface area contributed by atoms with Crippen LogP contribution in [0.1, 0.15) is 30.6 Å². The molecule has 1 aromatic rings. The van der Waals surface area contributed by atoms with E-state index in [0.29, 0.717) is 23.8 Å². The normalized spacial score (nSPS) is 11.9. The zero-order valence-electron chi connectivity index (χ0n) is 10.0. The van der Waals surface area contributed by atoms with Gasteiger partial charge in [0.2, 0.25) is 0 Å². The van der Waals surface area contributed by atoms with Crippen molar-refractivity contribution in [2.24, 2.45) is 5.92 Å². The predicted octanol–water partition coefficient (Wildman–Crippen LogP) is 2.90. The minimum atomic E-state index is -0.292. The molecule has 1 unspecified atom stereocenters. The van der Waals surface area contributed by atoms with Gasteiger partial charge in [-0.2, -0.15) is 0 Å². The summed E-state index contributed by atoms with van der Waals surface area (Å²) in [6.45, 7) is 4.59. The van der Waals surface area contributed by atoms with Gasteiger partial charge in [-0.1, -0.05) is 26.3 Å². The third-order valence-electron chi connectivity index (χ3n) is 2.50. The molecule has 1 aromatic carbocycles. The van der Waals surface area contributed by atoms with Crippen molar-refractivity contribution in [1.29, 1.82) is 0 Å². The lowest BCUT2D eigenvalue weighted by Gasteiger charge is -2.09. The second kappa shape index (κ2) is 6.16. The molecule has 0 aliphatic carbocycles. The molecule has 1 rings (SSSR count). The number of methoxy groups -OCH3 is 1. The molecule has 0 radical (unpaired) electrons. The number of carbonyl (C=O) groups is 1. The smallest absolute Gasteiger partial charge is 0.338 e. The van der Waals surface area contributed by atoms with E-state index in [1.165, 1.54) is 0 Å². The van der Waals surface area contributed by atoms with Crippen LogP contribution in [0.5, 0.6) is 5.75 Å². The van der Waals surface area contributed by atoms with Gasteiger partial charge in [-0.25, -0.2) is 4.79 Å². The van der Waals surface area contributed by atoms with Gasteiger partial charge in [-0.15, -0.1) is 0 Å². The standard InChI is InChI=1S/C13H18O3/c1-4-10(2)9-16-13(14)11-6-5-7-12(8-11)15-3/h5-8,10H,4,9H2,1-3H3. The summed E-state index contributed by atoms with van der Waals surface area (Å²) in [6.07, 6.45) is 1.01. The van der Waals surface area contributed by atoms with E-state index in [-0.39, 0.29) is 5.97 Å². The van der Waals surface area contributed by atoms with Crippen molar-refractivity contribution >= 4 is 5.97 Å². The lowest BCUT2D eigenvalue weighted by Crippen LogP contribution is -2.11. The Morgan fingerprint density at radius 1 is 1.44 bits per heavy atom. The van der Waals surface area contributed by atoms with Gasteiger partial charge in [0.1, 0.15) is 5.75 Å². The maximum atomic E-state index is 11.7. The number of carbonyl (C=O) groups excluding carboxylic acids is 1. The number of esters is 1. The van der Waals surface area contributed by atoms with E-state index in [1.54, 1.807) is 31.4 Å². The molecule has 3 nitrogen and oxygen atoms in total. The fraction of sp³-hybridized carbons (Fsp3) is 0.462. The number of benzene rings is 1. The Kier molecular flexibility index (Phi) is 4.83. The van der Waals surface area contributed by atoms with E-state index in [1.807, 2.05) is 0 Å². The van der Waals surface area contributed by atoms with Gasteiger partial charge in [0.25, 0.3) is 0 Å². The SMILES string of the molecule is CCC(C)COC(=O)c1cccc(OC)c1.